The monoisotopic (exact) mass is 537 g/mol. The van der Waals surface area contributed by atoms with Crippen LogP contribution in [0.25, 0.3) is 0 Å². The van der Waals surface area contributed by atoms with Gasteiger partial charge in [0.05, 0.1) is 42.0 Å². The zero-order valence-electron chi connectivity index (χ0n) is 21.6. The minimum atomic E-state index is -0.938. The van der Waals surface area contributed by atoms with E-state index in [1.165, 1.54) is 37.8 Å². The number of methoxy groups -OCH3 is 1. The smallest absolute Gasteiger partial charge is 0.343 e. The number of hydrogen-bond donors (Lipinski definition) is 0. The SMILES string of the molecule is COC(=O)[C@@H]1C=C(OC(=O)c2ccc([N+](=O)[O-])cc2)C(=O)[C@H]2[C@@]1(C)CC[C@H]1C(=O)O[C@H](c3ccoc3)C[C@]21C. The predicted molar refractivity (Wildman–Crippen MR) is 132 cm³/mol. The highest BCUT2D eigenvalue weighted by Crippen LogP contribution is 2.64. The van der Waals surface area contributed by atoms with E-state index in [2.05, 4.69) is 0 Å². The van der Waals surface area contributed by atoms with Gasteiger partial charge in [0, 0.05) is 23.6 Å². The molecule has 6 atom stereocenters. The zero-order chi connectivity index (χ0) is 28.1. The third kappa shape index (κ3) is 4.21. The van der Waals surface area contributed by atoms with Gasteiger partial charge in [-0.05, 0) is 54.4 Å². The first kappa shape index (κ1) is 26.3. The van der Waals surface area contributed by atoms with Crippen LogP contribution in [-0.2, 0) is 28.6 Å². The number of carbonyl (C=O) groups is 4. The summed E-state index contributed by atoms with van der Waals surface area (Å²) in [5, 5.41) is 11.0. The van der Waals surface area contributed by atoms with Gasteiger partial charge in [0.2, 0.25) is 5.78 Å². The molecule has 5 rings (SSSR count). The van der Waals surface area contributed by atoms with E-state index in [-0.39, 0.29) is 17.0 Å². The average Bonchev–Trinajstić information content (AvgIpc) is 3.44. The van der Waals surface area contributed by atoms with E-state index < -0.39 is 63.3 Å². The molecule has 11 nitrogen and oxygen atoms in total. The first-order valence-electron chi connectivity index (χ1n) is 12.5. The Hall–Kier alpha value is -4.28. The van der Waals surface area contributed by atoms with E-state index in [1.807, 2.05) is 13.8 Å². The number of fused-ring (bicyclic) bond motifs is 3. The summed E-state index contributed by atoms with van der Waals surface area (Å²) in [7, 11) is 1.24. The molecule has 1 saturated heterocycles. The summed E-state index contributed by atoms with van der Waals surface area (Å²) in [6, 6.07) is 6.44. The molecule has 0 spiro atoms. The average molecular weight is 538 g/mol. The number of furan rings is 1. The summed E-state index contributed by atoms with van der Waals surface area (Å²) in [5.41, 5.74) is -1.42. The van der Waals surface area contributed by atoms with E-state index in [0.717, 1.165) is 12.1 Å². The predicted octanol–water partition coefficient (Wildman–Crippen LogP) is 4.33. The van der Waals surface area contributed by atoms with E-state index in [0.29, 0.717) is 24.8 Å². The lowest BCUT2D eigenvalue weighted by atomic mass is 9.44. The van der Waals surface area contributed by atoms with Crippen molar-refractivity contribution in [3.05, 3.63) is 75.9 Å². The van der Waals surface area contributed by atoms with Crippen LogP contribution < -0.4 is 0 Å². The van der Waals surface area contributed by atoms with Gasteiger partial charge in [-0.3, -0.25) is 24.5 Å². The summed E-state index contributed by atoms with van der Waals surface area (Å²) in [6.45, 7) is 3.68. The van der Waals surface area contributed by atoms with Crippen molar-refractivity contribution in [3.8, 4) is 0 Å². The molecule has 2 aromatic rings. The summed E-state index contributed by atoms with van der Waals surface area (Å²) in [6.07, 6.45) is 4.71. The zero-order valence-corrected chi connectivity index (χ0v) is 21.6. The van der Waals surface area contributed by atoms with Crippen molar-refractivity contribution in [2.45, 2.75) is 39.2 Å². The topological polar surface area (TPSA) is 152 Å². The first-order chi connectivity index (χ1) is 18.5. The lowest BCUT2D eigenvalue weighted by molar-refractivity contribution is -0.384. The Balaban J connectivity index is 1.54. The number of non-ortho nitro benzene ring substituents is 1. The molecule has 0 bridgehead atoms. The molecule has 0 amide bonds. The number of benzene rings is 1. The highest BCUT2D eigenvalue weighted by Gasteiger charge is 2.66. The Morgan fingerprint density at radius 3 is 2.44 bits per heavy atom. The Labute approximate surface area is 223 Å². The van der Waals surface area contributed by atoms with Gasteiger partial charge in [-0.2, -0.15) is 0 Å². The number of ether oxygens (including phenoxy) is 3. The van der Waals surface area contributed by atoms with Crippen LogP contribution in [0.15, 0.2) is 59.1 Å². The van der Waals surface area contributed by atoms with Crippen molar-refractivity contribution in [2.24, 2.45) is 28.6 Å². The standard InChI is InChI=1S/C28H27NO10/c1-27-10-8-18-26(33)39-21(16-9-11-37-14-16)13-28(18,2)23(27)22(30)20(12-19(27)25(32)36-3)38-24(31)15-4-6-17(7-5-15)29(34)35/h4-7,9,11-12,14,18-19,21,23H,8,10,13H2,1-3H3/t18-,19-,21-,23-,27-,28-/m0/s1. The molecule has 204 valence electrons. The maximum absolute atomic E-state index is 14.1. The van der Waals surface area contributed by atoms with Gasteiger partial charge < -0.3 is 18.6 Å². The normalized spacial score (nSPS) is 31.7. The lowest BCUT2D eigenvalue weighted by Crippen LogP contribution is -2.61. The molecule has 1 aliphatic heterocycles. The number of cyclic esters (lactones) is 1. The van der Waals surface area contributed by atoms with Gasteiger partial charge in [0.15, 0.2) is 5.76 Å². The van der Waals surface area contributed by atoms with Gasteiger partial charge in [-0.1, -0.05) is 13.8 Å². The Bertz CT molecular complexity index is 1380. The highest BCUT2D eigenvalue weighted by molar-refractivity contribution is 6.03. The van der Waals surface area contributed by atoms with Gasteiger partial charge in [0.1, 0.15) is 6.10 Å². The van der Waals surface area contributed by atoms with Crippen molar-refractivity contribution in [3.63, 3.8) is 0 Å². The Morgan fingerprint density at radius 2 is 1.82 bits per heavy atom. The molecule has 1 aromatic heterocycles. The summed E-state index contributed by atoms with van der Waals surface area (Å²) >= 11 is 0. The number of hydrogen-bond acceptors (Lipinski definition) is 10. The number of nitro groups is 1. The maximum atomic E-state index is 14.1. The molecule has 3 aliphatic rings. The number of nitrogens with zero attached hydrogens (tertiary/aromatic N) is 1. The van der Waals surface area contributed by atoms with Crippen LogP contribution in [0.3, 0.4) is 0 Å². The molecule has 2 fully saturated rings. The molecule has 0 unspecified atom stereocenters. The molecule has 39 heavy (non-hydrogen) atoms. The van der Waals surface area contributed by atoms with Crippen LogP contribution in [0.5, 0.6) is 0 Å². The molecule has 0 radical (unpaired) electrons. The second-order valence-corrected chi connectivity index (χ2v) is 10.8. The molecule has 1 aromatic carbocycles. The summed E-state index contributed by atoms with van der Waals surface area (Å²) < 4.78 is 21.5. The summed E-state index contributed by atoms with van der Waals surface area (Å²) in [4.78, 5) is 63.7. The molecule has 11 heteroatoms. The fourth-order valence-electron chi connectivity index (χ4n) is 6.77. The third-order valence-corrected chi connectivity index (χ3v) is 8.67. The molecule has 0 N–H and O–H groups in total. The fourth-order valence-corrected chi connectivity index (χ4v) is 6.77. The number of allylic oxidation sites excluding steroid dienone is 1. The number of esters is 3. The van der Waals surface area contributed by atoms with Crippen LogP contribution in [0.4, 0.5) is 5.69 Å². The number of ketones is 1. The maximum Gasteiger partial charge on any atom is 0.343 e. The molecular weight excluding hydrogens is 510 g/mol. The second kappa shape index (κ2) is 9.48. The Morgan fingerprint density at radius 1 is 1.10 bits per heavy atom. The summed E-state index contributed by atoms with van der Waals surface area (Å²) in [5.74, 6) is -5.16. The van der Waals surface area contributed by atoms with Crippen LogP contribution in [0, 0.1) is 38.7 Å². The van der Waals surface area contributed by atoms with E-state index in [4.69, 9.17) is 18.6 Å². The van der Waals surface area contributed by atoms with E-state index in [9.17, 15) is 29.3 Å². The van der Waals surface area contributed by atoms with Gasteiger partial charge in [-0.25, -0.2) is 4.79 Å². The molecule has 2 aliphatic carbocycles. The van der Waals surface area contributed by atoms with Crippen LogP contribution in [-0.4, -0.2) is 35.7 Å². The Kier molecular flexibility index (Phi) is 6.40. The second-order valence-electron chi connectivity index (χ2n) is 10.8. The van der Waals surface area contributed by atoms with Crippen molar-refractivity contribution in [1.29, 1.82) is 0 Å². The third-order valence-electron chi connectivity index (χ3n) is 8.67. The highest BCUT2D eigenvalue weighted by atomic mass is 16.6. The van der Waals surface area contributed by atoms with Gasteiger partial charge >= 0.3 is 17.9 Å². The van der Waals surface area contributed by atoms with E-state index in [1.54, 1.807) is 6.07 Å². The van der Waals surface area contributed by atoms with Crippen LogP contribution in [0.1, 0.15) is 55.1 Å². The molecular formula is C28H27NO10. The quantitative estimate of drug-likeness (QED) is 0.233. The van der Waals surface area contributed by atoms with Gasteiger partial charge in [0.25, 0.3) is 5.69 Å². The molecule has 1 saturated carbocycles. The van der Waals surface area contributed by atoms with Crippen LogP contribution in [0.2, 0.25) is 0 Å². The first-order valence-corrected chi connectivity index (χ1v) is 12.5. The van der Waals surface area contributed by atoms with E-state index >= 15 is 0 Å². The lowest BCUT2D eigenvalue weighted by Gasteiger charge is -2.59. The number of carbonyl (C=O) groups excluding carboxylic acids is 4. The van der Waals surface area contributed by atoms with Crippen molar-refractivity contribution >= 4 is 29.4 Å². The number of rotatable bonds is 5. The minimum absolute atomic E-state index is 0.00810. The number of Topliss-reactive ketones (excluding diaryl/α,β-unsaturated/α-hetero) is 1. The molecule has 2 heterocycles. The van der Waals surface area contributed by atoms with Gasteiger partial charge in [-0.15, -0.1) is 0 Å². The van der Waals surface area contributed by atoms with Crippen LogP contribution >= 0.6 is 0 Å². The fraction of sp³-hybridized carbons (Fsp3) is 0.429. The van der Waals surface area contributed by atoms with Crippen molar-refractivity contribution in [1.82, 2.24) is 0 Å². The minimum Gasteiger partial charge on any atom is -0.472 e. The largest absolute Gasteiger partial charge is 0.472 e. The van der Waals surface area contributed by atoms with Crippen molar-refractivity contribution < 1.29 is 42.7 Å². The van der Waals surface area contributed by atoms with Crippen molar-refractivity contribution in [2.75, 3.05) is 7.11 Å². The number of nitro benzene ring substituents is 1.